The van der Waals surface area contributed by atoms with Crippen LogP contribution in [0.3, 0.4) is 0 Å². The number of primary sulfonamides is 1. The lowest BCUT2D eigenvalue weighted by Crippen LogP contribution is -2.25. The maximum atomic E-state index is 12.0. The van der Waals surface area contributed by atoms with Crippen LogP contribution in [0, 0.1) is 0 Å². The van der Waals surface area contributed by atoms with Crippen molar-refractivity contribution in [2.75, 3.05) is 0 Å². The third-order valence-corrected chi connectivity index (χ3v) is 5.17. The largest absolute Gasteiger partial charge is 0.258 e. The molecule has 10 heteroatoms. The molecule has 0 saturated heterocycles. The van der Waals surface area contributed by atoms with Crippen molar-refractivity contribution in [3.63, 3.8) is 0 Å². The van der Waals surface area contributed by atoms with Crippen LogP contribution < -0.4 is 9.86 Å². The SMILES string of the molecule is Cn1nccc1S(=O)(=O)NCc1ccc(S(N)(=O)=O)cc1. The summed E-state index contributed by atoms with van der Waals surface area (Å²) in [6.07, 6.45) is 1.38. The predicted molar refractivity (Wildman–Crippen MR) is 75.0 cm³/mol. The van der Waals surface area contributed by atoms with Gasteiger partial charge >= 0.3 is 0 Å². The second-order valence-electron chi connectivity index (χ2n) is 4.31. The molecule has 0 radical (unpaired) electrons. The summed E-state index contributed by atoms with van der Waals surface area (Å²) in [5.74, 6) is 0. The van der Waals surface area contributed by atoms with E-state index in [2.05, 4.69) is 9.82 Å². The third kappa shape index (κ3) is 3.67. The van der Waals surface area contributed by atoms with Gasteiger partial charge in [-0.3, -0.25) is 4.68 Å². The van der Waals surface area contributed by atoms with Gasteiger partial charge in [-0.2, -0.15) is 5.10 Å². The van der Waals surface area contributed by atoms with E-state index in [1.807, 2.05) is 0 Å². The van der Waals surface area contributed by atoms with E-state index < -0.39 is 20.0 Å². The van der Waals surface area contributed by atoms with Gasteiger partial charge in [-0.15, -0.1) is 0 Å². The minimum absolute atomic E-state index is 0.0262. The molecule has 1 aromatic heterocycles. The standard InChI is InChI=1S/C11H14N4O4S2/c1-15-11(6-7-13-15)21(18,19)14-8-9-2-4-10(5-3-9)20(12,16)17/h2-7,14H,8H2,1H3,(H2,12,16,17). The van der Waals surface area contributed by atoms with Gasteiger partial charge < -0.3 is 0 Å². The molecule has 114 valence electrons. The smallest absolute Gasteiger partial charge is 0.256 e. The van der Waals surface area contributed by atoms with Crippen LogP contribution in [0.25, 0.3) is 0 Å². The monoisotopic (exact) mass is 330 g/mol. The van der Waals surface area contributed by atoms with Gasteiger partial charge in [-0.05, 0) is 23.8 Å². The molecule has 0 unspecified atom stereocenters. The third-order valence-electron chi connectivity index (χ3n) is 2.77. The molecule has 0 atom stereocenters. The summed E-state index contributed by atoms with van der Waals surface area (Å²) in [6, 6.07) is 7.01. The Balaban J connectivity index is 2.12. The number of nitrogens with zero attached hydrogens (tertiary/aromatic N) is 2. The number of sulfonamides is 2. The van der Waals surface area contributed by atoms with E-state index in [1.165, 1.54) is 48.3 Å². The summed E-state index contributed by atoms with van der Waals surface area (Å²) >= 11 is 0. The Kier molecular flexibility index (Phi) is 4.14. The topological polar surface area (TPSA) is 124 Å². The number of nitrogens with two attached hydrogens (primary N) is 1. The van der Waals surface area contributed by atoms with Gasteiger partial charge in [0.15, 0.2) is 5.03 Å². The molecule has 0 aliphatic heterocycles. The van der Waals surface area contributed by atoms with E-state index in [0.29, 0.717) is 5.56 Å². The Morgan fingerprint density at radius 1 is 1.14 bits per heavy atom. The molecule has 21 heavy (non-hydrogen) atoms. The quantitative estimate of drug-likeness (QED) is 0.768. The van der Waals surface area contributed by atoms with Crippen molar-refractivity contribution in [1.82, 2.24) is 14.5 Å². The highest BCUT2D eigenvalue weighted by Crippen LogP contribution is 2.10. The fourth-order valence-electron chi connectivity index (χ4n) is 1.67. The number of benzene rings is 1. The van der Waals surface area contributed by atoms with Crippen LogP contribution in [0.2, 0.25) is 0 Å². The van der Waals surface area contributed by atoms with Gasteiger partial charge in [0.1, 0.15) is 0 Å². The van der Waals surface area contributed by atoms with Gasteiger partial charge in [-0.1, -0.05) is 12.1 Å². The van der Waals surface area contributed by atoms with Gasteiger partial charge in [-0.25, -0.2) is 26.7 Å². The van der Waals surface area contributed by atoms with E-state index in [9.17, 15) is 16.8 Å². The molecular formula is C11H14N4O4S2. The first-order valence-electron chi connectivity index (χ1n) is 5.79. The highest BCUT2D eigenvalue weighted by molar-refractivity contribution is 7.89. The normalized spacial score (nSPS) is 12.5. The van der Waals surface area contributed by atoms with Crippen molar-refractivity contribution < 1.29 is 16.8 Å². The molecule has 0 amide bonds. The summed E-state index contributed by atoms with van der Waals surface area (Å²) < 4.78 is 49.9. The Hall–Kier alpha value is -1.75. The zero-order valence-electron chi connectivity index (χ0n) is 11.1. The van der Waals surface area contributed by atoms with Crippen molar-refractivity contribution in [3.8, 4) is 0 Å². The summed E-state index contributed by atoms with van der Waals surface area (Å²) in [7, 11) is -5.91. The van der Waals surface area contributed by atoms with Crippen molar-refractivity contribution in [1.29, 1.82) is 0 Å². The molecule has 1 heterocycles. The molecule has 2 rings (SSSR count). The maximum absolute atomic E-state index is 12.0. The lowest BCUT2D eigenvalue weighted by atomic mass is 10.2. The van der Waals surface area contributed by atoms with E-state index in [0.717, 1.165) is 0 Å². The molecule has 0 fully saturated rings. The first-order valence-corrected chi connectivity index (χ1v) is 8.82. The van der Waals surface area contributed by atoms with Crippen molar-refractivity contribution in [3.05, 3.63) is 42.1 Å². The van der Waals surface area contributed by atoms with Gasteiger partial charge in [0.05, 0.1) is 11.1 Å². The van der Waals surface area contributed by atoms with Crippen LogP contribution in [0.4, 0.5) is 0 Å². The summed E-state index contributed by atoms with van der Waals surface area (Å²) in [6.45, 7) is 0.0262. The molecule has 0 aliphatic carbocycles. The van der Waals surface area contributed by atoms with Crippen LogP contribution >= 0.6 is 0 Å². The Morgan fingerprint density at radius 3 is 2.24 bits per heavy atom. The van der Waals surface area contributed by atoms with Crippen molar-refractivity contribution in [2.45, 2.75) is 16.5 Å². The van der Waals surface area contributed by atoms with Crippen molar-refractivity contribution >= 4 is 20.0 Å². The van der Waals surface area contributed by atoms with E-state index in [4.69, 9.17) is 5.14 Å². The van der Waals surface area contributed by atoms with Crippen molar-refractivity contribution in [2.24, 2.45) is 12.2 Å². The van der Waals surface area contributed by atoms with Crippen LogP contribution in [-0.2, 0) is 33.6 Å². The van der Waals surface area contributed by atoms with Gasteiger partial charge in [0.25, 0.3) is 10.0 Å². The zero-order valence-corrected chi connectivity index (χ0v) is 12.7. The van der Waals surface area contributed by atoms with Crippen LogP contribution in [-0.4, -0.2) is 26.6 Å². The summed E-state index contributed by atoms with van der Waals surface area (Å²) in [5, 5.41) is 8.82. The van der Waals surface area contributed by atoms with E-state index in [1.54, 1.807) is 0 Å². The first kappa shape index (κ1) is 15.6. The summed E-state index contributed by atoms with van der Waals surface area (Å²) in [4.78, 5) is -0.0271. The Bertz CT molecular complexity index is 839. The fraction of sp³-hybridized carbons (Fsp3) is 0.182. The molecular weight excluding hydrogens is 316 g/mol. The number of rotatable bonds is 5. The second-order valence-corrected chi connectivity index (χ2v) is 7.58. The average Bonchev–Trinajstić information content (AvgIpc) is 2.83. The number of aromatic nitrogens is 2. The highest BCUT2D eigenvalue weighted by atomic mass is 32.2. The Morgan fingerprint density at radius 2 is 1.76 bits per heavy atom. The van der Waals surface area contributed by atoms with Crippen LogP contribution in [0.1, 0.15) is 5.56 Å². The molecule has 0 bridgehead atoms. The fourth-order valence-corrected chi connectivity index (χ4v) is 3.33. The molecule has 3 N–H and O–H groups in total. The van der Waals surface area contributed by atoms with E-state index in [-0.39, 0.29) is 16.5 Å². The average molecular weight is 330 g/mol. The zero-order chi connectivity index (χ0) is 15.7. The number of hydrogen-bond acceptors (Lipinski definition) is 5. The predicted octanol–water partition coefficient (Wildman–Crippen LogP) is -0.454. The lowest BCUT2D eigenvalue weighted by molar-refractivity contribution is 0.562. The Labute approximate surface area is 122 Å². The molecule has 1 aromatic carbocycles. The number of hydrogen-bond donors (Lipinski definition) is 2. The molecule has 0 aliphatic rings. The minimum atomic E-state index is -3.75. The van der Waals surface area contributed by atoms with Gasteiger partial charge in [0.2, 0.25) is 10.0 Å². The first-order chi connectivity index (χ1) is 9.70. The molecule has 0 saturated carbocycles. The lowest BCUT2D eigenvalue weighted by Gasteiger charge is -2.07. The van der Waals surface area contributed by atoms with Crippen LogP contribution in [0.15, 0.2) is 46.5 Å². The molecule has 2 aromatic rings. The molecule has 8 nitrogen and oxygen atoms in total. The summed E-state index contributed by atoms with van der Waals surface area (Å²) in [5.41, 5.74) is 0.605. The second kappa shape index (κ2) is 5.56. The molecule has 0 spiro atoms. The number of aryl methyl sites for hydroxylation is 1. The van der Waals surface area contributed by atoms with Crippen LogP contribution in [0.5, 0.6) is 0 Å². The van der Waals surface area contributed by atoms with E-state index >= 15 is 0 Å². The number of nitrogens with one attached hydrogen (secondary N) is 1. The maximum Gasteiger partial charge on any atom is 0.258 e. The van der Waals surface area contributed by atoms with Gasteiger partial charge in [0, 0.05) is 13.6 Å². The minimum Gasteiger partial charge on any atom is -0.256 e. The highest BCUT2D eigenvalue weighted by Gasteiger charge is 2.17.